The molecular weight excluding hydrogens is 342 g/mol. The number of fused-ring (bicyclic) bond motifs is 1. The second-order valence-corrected chi connectivity index (χ2v) is 6.18. The van der Waals surface area contributed by atoms with Crippen molar-refractivity contribution >= 4 is 11.8 Å². The second-order valence-electron chi connectivity index (χ2n) is 6.18. The van der Waals surface area contributed by atoms with Crippen molar-refractivity contribution in [3.05, 3.63) is 29.3 Å². The molecule has 142 valence electrons. The number of nitrogens with one attached hydrogen (secondary N) is 1. The molecule has 3 N–H and O–H groups in total. The Kier molecular flexibility index (Phi) is 5.84. The molecule has 2 amide bonds. The van der Waals surface area contributed by atoms with Crippen LogP contribution in [0.5, 0.6) is 5.75 Å². The molecular formula is C17H23N3O6. The normalized spacial score (nSPS) is 23.0. The Morgan fingerprint density at radius 3 is 2.65 bits per heavy atom. The number of hydrogen-bond donors (Lipinski definition) is 3. The maximum atomic E-state index is 12.7. The highest BCUT2D eigenvalue weighted by atomic mass is 16.5. The van der Waals surface area contributed by atoms with Crippen LogP contribution >= 0.6 is 0 Å². The molecule has 0 bridgehead atoms. The third-order valence-corrected chi connectivity index (χ3v) is 4.52. The fourth-order valence-electron chi connectivity index (χ4n) is 3.13. The summed E-state index contributed by atoms with van der Waals surface area (Å²) >= 11 is 0. The van der Waals surface area contributed by atoms with Crippen LogP contribution in [-0.4, -0.2) is 84.3 Å². The molecule has 1 fully saturated rings. The van der Waals surface area contributed by atoms with Crippen molar-refractivity contribution in [1.29, 1.82) is 0 Å². The summed E-state index contributed by atoms with van der Waals surface area (Å²) in [6.45, 7) is 2.27. The van der Waals surface area contributed by atoms with E-state index in [1.54, 1.807) is 12.1 Å². The van der Waals surface area contributed by atoms with E-state index in [0.717, 1.165) is 16.5 Å². The van der Waals surface area contributed by atoms with Gasteiger partial charge in [-0.15, -0.1) is 0 Å². The van der Waals surface area contributed by atoms with Gasteiger partial charge in [0.25, 0.3) is 11.8 Å². The fourth-order valence-corrected chi connectivity index (χ4v) is 3.13. The minimum Gasteiger partial charge on any atom is -0.491 e. The Bertz CT molecular complexity index is 682. The summed E-state index contributed by atoms with van der Waals surface area (Å²) in [6, 6.07) is 3.94. The first kappa shape index (κ1) is 18.7. The number of hydrogen-bond acceptors (Lipinski definition) is 8. The van der Waals surface area contributed by atoms with Crippen LogP contribution in [0.2, 0.25) is 0 Å². The van der Waals surface area contributed by atoms with Gasteiger partial charge in [-0.1, -0.05) is 0 Å². The van der Waals surface area contributed by atoms with Gasteiger partial charge in [0.05, 0.1) is 30.4 Å². The SMILES string of the molecule is CNCCOCCOc1ccc2c(c1)C(=O)N(C1CCN(O)C1O)C2=O. The molecule has 0 radical (unpaired) electrons. The Labute approximate surface area is 151 Å². The van der Waals surface area contributed by atoms with Crippen LogP contribution < -0.4 is 10.1 Å². The number of likely N-dealkylation sites (N-methyl/N-ethyl adjacent to an activating group) is 1. The number of carbonyl (C=O) groups is 2. The minimum absolute atomic E-state index is 0.196. The number of ether oxygens (including phenoxy) is 2. The molecule has 2 atom stereocenters. The van der Waals surface area contributed by atoms with Crippen LogP contribution in [0, 0.1) is 0 Å². The number of hydroxylamine groups is 2. The van der Waals surface area contributed by atoms with Gasteiger partial charge < -0.3 is 25.1 Å². The molecule has 0 saturated carbocycles. The van der Waals surface area contributed by atoms with Crippen LogP contribution in [0.15, 0.2) is 18.2 Å². The van der Waals surface area contributed by atoms with E-state index < -0.39 is 24.1 Å². The molecule has 9 nitrogen and oxygen atoms in total. The smallest absolute Gasteiger partial charge is 0.262 e. The standard InChI is InChI=1S/C17H23N3O6/c1-18-5-7-25-8-9-26-11-2-3-12-13(10-11)16(22)20(15(12)21)14-4-6-19(24)17(14)23/h2-3,10,14,17-18,23-24H,4-9H2,1H3. The number of aliphatic hydroxyl groups is 1. The average molecular weight is 365 g/mol. The second kappa shape index (κ2) is 8.11. The van der Waals surface area contributed by atoms with E-state index in [0.29, 0.717) is 32.0 Å². The first-order valence-electron chi connectivity index (χ1n) is 8.55. The van der Waals surface area contributed by atoms with Gasteiger partial charge in [-0.2, -0.15) is 5.06 Å². The minimum atomic E-state index is -1.28. The summed E-state index contributed by atoms with van der Waals surface area (Å²) in [5.41, 5.74) is 0.517. The van der Waals surface area contributed by atoms with Gasteiger partial charge in [-0.3, -0.25) is 14.5 Å². The lowest BCUT2D eigenvalue weighted by molar-refractivity contribution is -0.179. The van der Waals surface area contributed by atoms with E-state index in [9.17, 15) is 19.9 Å². The highest BCUT2D eigenvalue weighted by Gasteiger charge is 2.46. The summed E-state index contributed by atoms with van der Waals surface area (Å²) in [5.74, 6) is -0.480. The van der Waals surface area contributed by atoms with E-state index >= 15 is 0 Å². The molecule has 1 aromatic carbocycles. The zero-order valence-corrected chi connectivity index (χ0v) is 14.6. The lowest BCUT2D eigenvalue weighted by Crippen LogP contribution is -2.47. The van der Waals surface area contributed by atoms with Crippen LogP contribution in [-0.2, 0) is 4.74 Å². The largest absolute Gasteiger partial charge is 0.491 e. The van der Waals surface area contributed by atoms with Gasteiger partial charge in [0.1, 0.15) is 18.6 Å². The number of imide groups is 1. The lowest BCUT2D eigenvalue weighted by Gasteiger charge is -2.25. The van der Waals surface area contributed by atoms with Crippen molar-refractivity contribution in [2.75, 3.05) is 40.0 Å². The Morgan fingerprint density at radius 2 is 1.96 bits per heavy atom. The third kappa shape index (κ3) is 3.57. The van der Waals surface area contributed by atoms with Gasteiger partial charge >= 0.3 is 0 Å². The number of rotatable bonds is 8. The monoisotopic (exact) mass is 365 g/mol. The molecule has 1 saturated heterocycles. The molecule has 2 heterocycles. The van der Waals surface area contributed by atoms with Gasteiger partial charge in [0.15, 0.2) is 0 Å². The Morgan fingerprint density at radius 1 is 1.19 bits per heavy atom. The van der Waals surface area contributed by atoms with Crippen molar-refractivity contribution in [2.45, 2.75) is 18.7 Å². The highest BCUT2D eigenvalue weighted by Crippen LogP contribution is 2.32. The van der Waals surface area contributed by atoms with Gasteiger partial charge in [-0.25, -0.2) is 0 Å². The summed E-state index contributed by atoms with van der Waals surface area (Å²) in [7, 11) is 1.84. The maximum absolute atomic E-state index is 12.7. The van der Waals surface area contributed by atoms with Crippen LogP contribution in [0.4, 0.5) is 0 Å². The number of benzene rings is 1. The van der Waals surface area contributed by atoms with Crippen molar-refractivity contribution in [3.8, 4) is 5.75 Å². The molecule has 2 aliphatic heterocycles. The quantitative estimate of drug-likeness (QED) is 0.425. The summed E-state index contributed by atoms with van der Waals surface area (Å²) in [6.07, 6.45) is -0.959. The number of carbonyl (C=O) groups excluding carboxylic acids is 2. The Hall–Kier alpha value is -2.04. The summed E-state index contributed by atoms with van der Waals surface area (Å²) < 4.78 is 10.9. The molecule has 2 aliphatic rings. The lowest BCUT2D eigenvalue weighted by atomic mass is 10.1. The van der Waals surface area contributed by atoms with Gasteiger partial charge in [0, 0.05) is 13.1 Å². The summed E-state index contributed by atoms with van der Waals surface area (Å²) in [5, 5.41) is 23.2. The molecule has 1 aromatic rings. The molecule has 26 heavy (non-hydrogen) atoms. The third-order valence-electron chi connectivity index (χ3n) is 4.52. The van der Waals surface area contributed by atoms with Crippen LogP contribution in [0.1, 0.15) is 27.1 Å². The molecule has 0 aliphatic carbocycles. The van der Waals surface area contributed by atoms with E-state index in [4.69, 9.17) is 9.47 Å². The van der Waals surface area contributed by atoms with Gasteiger partial charge in [0.2, 0.25) is 0 Å². The zero-order valence-electron chi connectivity index (χ0n) is 14.6. The first-order chi connectivity index (χ1) is 12.5. The van der Waals surface area contributed by atoms with Crippen molar-refractivity contribution < 1.29 is 29.4 Å². The molecule has 3 rings (SSSR count). The molecule has 0 aromatic heterocycles. The topological polar surface area (TPSA) is 112 Å². The number of amides is 2. The van der Waals surface area contributed by atoms with Crippen LogP contribution in [0.25, 0.3) is 0 Å². The van der Waals surface area contributed by atoms with E-state index in [1.807, 2.05) is 7.05 Å². The van der Waals surface area contributed by atoms with Crippen molar-refractivity contribution in [3.63, 3.8) is 0 Å². The predicted octanol–water partition coefficient (Wildman–Crippen LogP) is -0.321. The maximum Gasteiger partial charge on any atom is 0.262 e. The number of aliphatic hydroxyl groups excluding tert-OH is 1. The first-order valence-corrected chi connectivity index (χ1v) is 8.55. The predicted molar refractivity (Wildman–Crippen MR) is 90.1 cm³/mol. The molecule has 2 unspecified atom stereocenters. The van der Waals surface area contributed by atoms with Crippen LogP contribution in [0.3, 0.4) is 0 Å². The summed E-state index contributed by atoms with van der Waals surface area (Å²) in [4.78, 5) is 26.2. The van der Waals surface area contributed by atoms with E-state index in [-0.39, 0.29) is 17.7 Å². The molecule has 0 spiro atoms. The van der Waals surface area contributed by atoms with Crippen molar-refractivity contribution in [1.82, 2.24) is 15.3 Å². The fraction of sp³-hybridized carbons (Fsp3) is 0.529. The van der Waals surface area contributed by atoms with E-state index in [1.165, 1.54) is 6.07 Å². The highest BCUT2D eigenvalue weighted by molar-refractivity contribution is 6.21. The number of nitrogens with zero attached hydrogens (tertiary/aromatic N) is 2. The zero-order chi connectivity index (χ0) is 18.7. The van der Waals surface area contributed by atoms with Gasteiger partial charge in [-0.05, 0) is 31.7 Å². The van der Waals surface area contributed by atoms with Crippen molar-refractivity contribution in [2.24, 2.45) is 0 Å². The van der Waals surface area contributed by atoms with E-state index in [2.05, 4.69) is 5.32 Å². The molecule has 9 heteroatoms. The average Bonchev–Trinajstić information content (AvgIpc) is 3.08. The Balaban J connectivity index is 1.64.